The van der Waals surface area contributed by atoms with Crippen molar-refractivity contribution in [1.29, 1.82) is 0 Å². The highest BCUT2D eigenvalue weighted by atomic mass is 19.1. The molecule has 0 amide bonds. The van der Waals surface area contributed by atoms with Crippen molar-refractivity contribution >= 4 is 0 Å². The van der Waals surface area contributed by atoms with Crippen LogP contribution in [0.4, 0.5) is 4.39 Å². The van der Waals surface area contributed by atoms with Crippen LogP contribution >= 0.6 is 0 Å². The van der Waals surface area contributed by atoms with Gasteiger partial charge in [0.25, 0.3) is 0 Å². The molecule has 1 heterocycles. The smallest absolute Gasteiger partial charge is 0.165 e. The Hall–Kier alpha value is -2.53. The number of benzene rings is 2. The predicted octanol–water partition coefficient (Wildman–Crippen LogP) is 5.96. The highest BCUT2D eigenvalue weighted by molar-refractivity contribution is 5.58. The van der Waals surface area contributed by atoms with E-state index >= 15 is 0 Å². The summed E-state index contributed by atoms with van der Waals surface area (Å²) in [5.74, 6) is 1.83. The zero-order valence-electron chi connectivity index (χ0n) is 18.2. The quantitative estimate of drug-likeness (QED) is 0.506. The molecule has 3 aromatic rings. The summed E-state index contributed by atoms with van der Waals surface area (Å²) in [7, 11) is 2.17. The average molecular weight is 407 g/mol. The van der Waals surface area contributed by atoms with Crippen LogP contribution < -0.4 is 0 Å². The molecule has 1 aliphatic rings. The number of nitrogens with zero attached hydrogens (tertiary/aromatic N) is 4. The van der Waals surface area contributed by atoms with E-state index in [2.05, 4.69) is 50.1 Å². The van der Waals surface area contributed by atoms with E-state index in [1.807, 2.05) is 4.68 Å². The minimum Gasteiger partial charge on any atom is -0.296 e. The van der Waals surface area contributed by atoms with E-state index < -0.39 is 0 Å². The van der Waals surface area contributed by atoms with Crippen molar-refractivity contribution in [3.05, 3.63) is 65.7 Å². The van der Waals surface area contributed by atoms with Gasteiger partial charge in [0.1, 0.15) is 5.82 Å². The summed E-state index contributed by atoms with van der Waals surface area (Å²) in [6, 6.07) is 15.6. The summed E-state index contributed by atoms with van der Waals surface area (Å²) in [6.07, 6.45) is 6.45. The molecule has 1 fully saturated rings. The standard InChI is InChI=1S/C25H31FN4/c1-18(2)19-9-11-20(12-10-19)25-27-24(17-29(3)22-7-5-4-6-8-22)28-30(25)23-15-13-21(26)14-16-23/h9-16,18,22H,4-8,17H2,1-3H3. The first-order chi connectivity index (χ1) is 14.5. The molecule has 0 radical (unpaired) electrons. The third-order valence-corrected chi connectivity index (χ3v) is 6.15. The monoisotopic (exact) mass is 406 g/mol. The lowest BCUT2D eigenvalue weighted by Crippen LogP contribution is -2.33. The molecular weight excluding hydrogens is 375 g/mol. The fourth-order valence-electron chi connectivity index (χ4n) is 4.26. The molecule has 0 spiro atoms. The van der Waals surface area contributed by atoms with Gasteiger partial charge < -0.3 is 0 Å². The van der Waals surface area contributed by atoms with Gasteiger partial charge in [-0.3, -0.25) is 4.90 Å². The lowest BCUT2D eigenvalue weighted by atomic mass is 9.94. The summed E-state index contributed by atoms with van der Waals surface area (Å²) >= 11 is 0. The zero-order valence-corrected chi connectivity index (χ0v) is 18.2. The number of hydrogen-bond donors (Lipinski definition) is 0. The van der Waals surface area contributed by atoms with Gasteiger partial charge in [-0.1, -0.05) is 57.4 Å². The topological polar surface area (TPSA) is 34.0 Å². The maximum atomic E-state index is 13.5. The second-order valence-corrected chi connectivity index (χ2v) is 8.72. The summed E-state index contributed by atoms with van der Waals surface area (Å²) in [4.78, 5) is 7.29. The Bertz CT molecular complexity index is 954. The van der Waals surface area contributed by atoms with Crippen LogP contribution in [0.15, 0.2) is 48.5 Å². The van der Waals surface area contributed by atoms with Crippen LogP contribution in [-0.2, 0) is 6.54 Å². The molecule has 1 saturated carbocycles. The minimum atomic E-state index is -0.251. The minimum absolute atomic E-state index is 0.251. The Morgan fingerprint density at radius 3 is 2.30 bits per heavy atom. The van der Waals surface area contributed by atoms with Crippen LogP contribution in [0.1, 0.15) is 63.3 Å². The molecule has 0 bridgehead atoms. The molecule has 0 unspecified atom stereocenters. The Kier molecular flexibility index (Phi) is 6.28. The Morgan fingerprint density at radius 1 is 1.00 bits per heavy atom. The Balaban J connectivity index is 1.67. The third-order valence-electron chi connectivity index (χ3n) is 6.15. The maximum absolute atomic E-state index is 13.5. The van der Waals surface area contributed by atoms with Crippen LogP contribution in [0.25, 0.3) is 17.1 Å². The number of rotatable bonds is 6. The molecule has 1 aliphatic carbocycles. The van der Waals surface area contributed by atoms with E-state index in [1.165, 1.54) is 49.8 Å². The molecule has 5 heteroatoms. The van der Waals surface area contributed by atoms with Crippen LogP contribution in [0.3, 0.4) is 0 Å². The van der Waals surface area contributed by atoms with Crippen molar-refractivity contribution < 1.29 is 4.39 Å². The first-order valence-electron chi connectivity index (χ1n) is 11.0. The lowest BCUT2D eigenvalue weighted by molar-refractivity contribution is 0.181. The third kappa shape index (κ3) is 4.62. The van der Waals surface area contributed by atoms with Crippen molar-refractivity contribution in [2.24, 2.45) is 0 Å². The lowest BCUT2D eigenvalue weighted by Gasteiger charge is -2.30. The van der Waals surface area contributed by atoms with E-state index in [4.69, 9.17) is 10.1 Å². The van der Waals surface area contributed by atoms with Crippen molar-refractivity contribution in [2.75, 3.05) is 7.05 Å². The summed E-state index contributed by atoms with van der Waals surface area (Å²) in [6.45, 7) is 5.10. The summed E-state index contributed by atoms with van der Waals surface area (Å²) < 4.78 is 15.3. The van der Waals surface area contributed by atoms with Crippen molar-refractivity contribution in [2.45, 2.75) is 64.5 Å². The van der Waals surface area contributed by atoms with Crippen LogP contribution in [-0.4, -0.2) is 32.8 Å². The molecule has 30 heavy (non-hydrogen) atoms. The van der Waals surface area contributed by atoms with Gasteiger partial charge in [0.05, 0.1) is 12.2 Å². The zero-order chi connectivity index (χ0) is 21.1. The molecule has 0 atom stereocenters. The van der Waals surface area contributed by atoms with Gasteiger partial charge >= 0.3 is 0 Å². The van der Waals surface area contributed by atoms with Crippen molar-refractivity contribution in [3.8, 4) is 17.1 Å². The van der Waals surface area contributed by atoms with Gasteiger partial charge in [-0.2, -0.15) is 0 Å². The van der Waals surface area contributed by atoms with Gasteiger partial charge in [0, 0.05) is 11.6 Å². The number of halogens is 1. The second kappa shape index (κ2) is 9.09. The van der Waals surface area contributed by atoms with E-state index in [9.17, 15) is 4.39 Å². The van der Waals surface area contributed by atoms with E-state index in [1.54, 1.807) is 12.1 Å². The van der Waals surface area contributed by atoms with E-state index in [0.29, 0.717) is 12.0 Å². The maximum Gasteiger partial charge on any atom is 0.165 e. The van der Waals surface area contributed by atoms with Gasteiger partial charge in [-0.25, -0.2) is 14.1 Å². The largest absolute Gasteiger partial charge is 0.296 e. The Morgan fingerprint density at radius 2 is 1.67 bits per heavy atom. The molecule has 4 nitrogen and oxygen atoms in total. The summed E-state index contributed by atoms with van der Waals surface area (Å²) in [5, 5.41) is 4.82. The SMILES string of the molecule is CC(C)c1ccc(-c2nc(CN(C)C3CCCCC3)nn2-c2ccc(F)cc2)cc1. The van der Waals surface area contributed by atoms with Gasteiger partial charge in [0.2, 0.25) is 0 Å². The molecule has 1 aromatic heterocycles. The van der Waals surface area contributed by atoms with Crippen molar-refractivity contribution in [3.63, 3.8) is 0 Å². The first-order valence-corrected chi connectivity index (χ1v) is 11.0. The second-order valence-electron chi connectivity index (χ2n) is 8.72. The fourth-order valence-corrected chi connectivity index (χ4v) is 4.26. The highest BCUT2D eigenvalue weighted by Gasteiger charge is 2.21. The fraction of sp³-hybridized carbons (Fsp3) is 0.440. The number of hydrogen-bond acceptors (Lipinski definition) is 3. The molecule has 2 aromatic carbocycles. The van der Waals surface area contributed by atoms with Crippen molar-refractivity contribution in [1.82, 2.24) is 19.7 Å². The molecule has 0 aliphatic heterocycles. The summed E-state index contributed by atoms with van der Waals surface area (Å²) in [5.41, 5.74) is 3.13. The highest BCUT2D eigenvalue weighted by Crippen LogP contribution is 2.26. The molecule has 0 N–H and O–H groups in total. The predicted molar refractivity (Wildman–Crippen MR) is 119 cm³/mol. The molecule has 4 rings (SSSR count). The van der Waals surface area contributed by atoms with E-state index in [0.717, 1.165) is 29.4 Å². The normalized spacial score (nSPS) is 15.3. The van der Waals surface area contributed by atoms with E-state index in [-0.39, 0.29) is 5.82 Å². The van der Waals surface area contributed by atoms with Gasteiger partial charge in [-0.05, 0) is 55.6 Å². The first kappa shape index (κ1) is 20.7. The molecule has 158 valence electrons. The molecule has 0 saturated heterocycles. The molecular formula is C25H31FN4. The van der Waals surface area contributed by atoms with Crippen LogP contribution in [0.5, 0.6) is 0 Å². The Labute approximate surface area is 178 Å². The number of aromatic nitrogens is 3. The van der Waals surface area contributed by atoms with Crippen LogP contribution in [0.2, 0.25) is 0 Å². The van der Waals surface area contributed by atoms with Gasteiger partial charge in [0.15, 0.2) is 11.6 Å². The average Bonchev–Trinajstić information content (AvgIpc) is 3.18. The van der Waals surface area contributed by atoms with Crippen LogP contribution in [0, 0.1) is 5.82 Å². The van der Waals surface area contributed by atoms with Gasteiger partial charge in [-0.15, -0.1) is 5.10 Å².